The maximum absolute atomic E-state index is 13.4. The van der Waals surface area contributed by atoms with Gasteiger partial charge in [0.1, 0.15) is 5.82 Å². The molecule has 0 atom stereocenters. The largest absolute Gasteiger partial charge is 0.246 e. The number of halogens is 1. The number of aryl methyl sites for hydroxylation is 3. The summed E-state index contributed by atoms with van der Waals surface area (Å²) < 4.78 is 13.4. The summed E-state index contributed by atoms with van der Waals surface area (Å²) in [4.78, 5) is 5.40. The van der Waals surface area contributed by atoms with Gasteiger partial charge in [0.2, 0.25) is 0 Å². The van der Waals surface area contributed by atoms with Crippen LogP contribution in [0.4, 0.5) is 4.39 Å². The van der Waals surface area contributed by atoms with Crippen LogP contribution >= 0.6 is 11.3 Å². The van der Waals surface area contributed by atoms with Crippen molar-refractivity contribution in [2.24, 2.45) is 0 Å². The highest BCUT2D eigenvalue weighted by Crippen LogP contribution is 2.30. The number of benzene rings is 1. The van der Waals surface area contributed by atoms with E-state index in [1.165, 1.54) is 0 Å². The minimum atomic E-state index is -0.155. The molecule has 2 aromatic rings. The van der Waals surface area contributed by atoms with Crippen molar-refractivity contribution >= 4 is 11.3 Å². The number of rotatable bonds is 1. The fourth-order valence-corrected chi connectivity index (χ4v) is 2.45. The summed E-state index contributed by atoms with van der Waals surface area (Å²) in [5.41, 5.74) is 2.57. The van der Waals surface area contributed by atoms with Crippen molar-refractivity contribution < 1.29 is 4.39 Å². The first-order chi connectivity index (χ1) is 7.08. The van der Waals surface area contributed by atoms with Gasteiger partial charge in [-0.15, -0.1) is 11.3 Å². The fraction of sp³-hybridized carbons (Fsp3) is 0.250. The van der Waals surface area contributed by atoms with Gasteiger partial charge in [0.05, 0.1) is 15.6 Å². The molecule has 78 valence electrons. The van der Waals surface area contributed by atoms with Gasteiger partial charge in [-0.2, -0.15) is 0 Å². The summed E-state index contributed by atoms with van der Waals surface area (Å²) in [6.07, 6.45) is 0. The summed E-state index contributed by atoms with van der Waals surface area (Å²) in [6.45, 7) is 5.69. The van der Waals surface area contributed by atoms with Crippen LogP contribution in [0.5, 0.6) is 0 Å². The molecule has 0 aliphatic heterocycles. The second-order valence-corrected chi connectivity index (χ2v) is 4.81. The summed E-state index contributed by atoms with van der Waals surface area (Å²) in [6, 6.07) is 5.33. The lowest BCUT2D eigenvalue weighted by molar-refractivity contribution is 0.619. The Bertz CT molecular complexity index is 502. The molecule has 15 heavy (non-hydrogen) atoms. The van der Waals surface area contributed by atoms with Crippen LogP contribution in [0, 0.1) is 26.6 Å². The third kappa shape index (κ3) is 1.92. The van der Waals surface area contributed by atoms with E-state index in [0.717, 1.165) is 21.1 Å². The standard InChI is InChI=1S/C12H12FNS/c1-7-4-5-10(6-11(7)13)12-8(2)14-9(3)15-12/h4-6H,1-3H3. The van der Waals surface area contributed by atoms with Gasteiger partial charge >= 0.3 is 0 Å². The monoisotopic (exact) mass is 221 g/mol. The second kappa shape index (κ2) is 3.74. The quantitative estimate of drug-likeness (QED) is 0.712. The maximum Gasteiger partial charge on any atom is 0.126 e. The predicted octanol–water partition coefficient (Wildman–Crippen LogP) is 3.87. The third-order valence-corrected chi connectivity index (χ3v) is 3.46. The average Bonchev–Trinajstić information content (AvgIpc) is 2.50. The Morgan fingerprint density at radius 3 is 2.47 bits per heavy atom. The fourth-order valence-electron chi connectivity index (χ4n) is 1.53. The van der Waals surface area contributed by atoms with Crippen molar-refractivity contribution in [2.75, 3.05) is 0 Å². The molecule has 0 aliphatic rings. The molecule has 0 radical (unpaired) electrons. The Hall–Kier alpha value is -1.22. The molecule has 0 fully saturated rings. The number of hydrogen-bond donors (Lipinski definition) is 0. The molecule has 1 heterocycles. The molecule has 1 nitrogen and oxygen atoms in total. The molecule has 0 saturated heterocycles. The van der Waals surface area contributed by atoms with Crippen LogP contribution in [0.2, 0.25) is 0 Å². The van der Waals surface area contributed by atoms with Crippen LogP contribution < -0.4 is 0 Å². The van der Waals surface area contributed by atoms with E-state index in [4.69, 9.17) is 0 Å². The predicted molar refractivity (Wildman–Crippen MR) is 61.7 cm³/mol. The zero-order valence-corrected chi connectivity index (χ0v) is 9.78. The normalized spacial score (nSPS) is 10.7. The van der Waals surface area contributed by atoms with Gasteiger partial charge in [-0.1, -0.05) is 12.1 Å². The maximum atomic E-state index is 13.4. The number of aromatic nitrogens is 1. The number of nitrogens with zero attached hydrogens (tertiary/aromatic N) is 1. The van der Waals surface area contributed by atoms with Crippen molar-refractivity contribution in [1.29, 1.82) is 0 Å². The van der Waals surface area contributed by atoms with Gasteiger partial charge in [0.25, 0.3) is 0 Å². The van der Waals surface area contributed by atoms with Crippen molar-refractivity contribution in [3.8, 4) is 10.4 Å². The lowest BCUT2D eigenvalue weighted by Crippen LogP contribution is -1.84. The van der Waals surface area contributed by atoms with E-state index < -0.39 is 0 Å². The Morgan fingerprint density at radius 1 is 1.20 bits per heavy atom. The molecule has 1 aromatic carbocycles. The summed E-state index contributed by atoms with van der Waals surface area (Å²) in [5.74, 6) is -0.155. The second-order valence-electron chi connectivity index (χ2n) is 3.61. The van der Waals surface area contributed by atoms with E-state index in [2.05, 4.69) is 4.98 Å². The minimum absolute atomic E-state index is 0.155. The Labute approximate surface area is 92.6 Å². The molecule has 0 unspecified atom stereocenters. The van der Waals surface area contributed by atoms with E-state index in [1.54, 1.807) is 30.4 Å². The van der Waals surface area contributed by atoms with Crippen LogP contribution in [0.1, 0.15) is 16.3 Å². The van der Waals surface area contributed by atoms with E-state index in [9.17, 15) is 4.39 Å². The molecule has 0 saturated carbocycles. The van der Waals surface area contributed by atoms with Gasteiger partial charge in [-0.25, -0.2) is 9.37 Å². The van der Waals surface area contributed by atoms with E-state index >= 15 is 0 Å². The zero-order valence-electron chi connectivity index (χ0n) is 8.97. The van der Waals surface area contributed by atoms with Crippen molar-refractivity contribution in [1.82, 2.24) is 4.98 Å². The van der Waals surface area contributed by atoms with E-state index in [0.29, 0.717) is 5.56 Å². The zero-order chi connectivity index (χ0) is 11.0. The van der Waals surface area contributed by atoms with Crippen molar-refractivity contribution in [2.45, 2.75) is 20.8 Å². The number of thiazole rings is 1. The van der Waals surface area contributed by atoms with Crippen LogP contribution in [-0.2, 0) is 0 Å². The van der Waals surface area contributed by atoms with Gasteiger partial charge in [-0.3, -0.25) is 0 Å². The molecule has 0 amide bonds. The van der Waals surface area contributed by atoms with Crippen molar-refractivity contribution in [3.63, 3.8) is 0 Å². The van der Waals surface area contributed by atoms with E-state index in [-0.39, 0.29) is 5.82 Å². The minimum Gasteiger partial charge on any atom is -0.246 e. The molecule has 1 aromatic heterocycles. The van der Waals surface area contributed by atoms with Gasteiger partial charge in [-0.05, 0) is 38.0 Å². The van der Waals surface area contributed by atoms with E-state index in [1.807, 2.05) is 19.9 Å². The average molecular weight is 221 g/mol. The number of hydrogen-bond acceptors (Lipinski definition) is 2. The molecule has 0 N–H and O–H groups in total. The molecular weight excluding hydrogens is 209 g/mol. The van der Waals surface area contributed by atoms with Crippen molar-refractivity contribution in [3.05, 3.63) is 40.3 Å². The topological polar surface area (TPSA) is 12.9 Å². The Balaban J connectivity index is 2.54. The highest BCUT2D eigenvalue weighted by molar-refractivity contribution is 7.15. The first-order valence-corrected chi connectivity index (χ1v) is 5.60. The Kier molecular flexibility index (Phi) is 2.57. The summed E-state index contributed by atoms with van der Waals surface area (Å²) in [5, 5.41) is 1.02. The molecule has 0 bridgehead atoms. The molecule has 3 heteroatoms. The van der Waals surface area contributed by atoms with Crippen LogP contribution in [0.15, 0.2) is 18.2 Å². The summed E-state index contributed by atoms with van der Waals surface area (Å²) in [7, 11) is 0. The molecule has 0 aliphatic carbocycles. The first-order valence-electron chi connectivity index (χ1n) is 4.78. The molecular formula is C12H12FNS. The SMILES string of the molecule is Cc1nc(C)c(-c2ccc(C)c(F)c2)s1. The molecule has 2 rings (SSSR count). The highest BCUT2D eigenvalue weighted by atomic mass is 32.1. The molecule has 0 spiro atoms. The third-order valence-electron chi connectivity index (χ3n) is 2.34. The lowest BCUT2D eigenvalue weighted by Gasteiger charge is -2.01. The smallest absolute Gasteiger partial charge is 0.126 e. The first kappa shape index (κ1) is 10.3. The highest BCUT2D eigenvalue weighted by Gasteiger charge is 2.08. The van der Waals surface area contributed by atoms with Crippen LogP contribution in [0.25, 0.3) is 10.4 Å². The van der Waals surface area contributed by atoms with Crippen LogP contribution in [-0.4, -0.2) is 4.98 Å². The van der Waals surface area contributed by atoms with Gasteiger partial charge in [0, 0.05) is 0 Å². The lowest BCUT2D eigenvalue weighted by atomic mass is 10.1. The Morgan fingerprint density at radius 2 is 1.93 bits per heavy atom. The van der Waals surface area contributed by atoms with Crippen LogP contribution in [0.3, 0.4) is 0 Å². The van der Waals surface area contributed by atoms with Gasteiger partial charge < -0.3 is 0 Å². The van der Waals surface area contributed by atoms with Gasteiger partial charge in [0.15, 0.2) is 0 Å². The summed E-state index contributed by atoms with van der Waals surface area (Å²) >= 11 is 1.60.